The van der Waals surface area contributed by atoms with Crippen molar-refractivity contribution in [3.63, 3.8) is 0 Å². The van der Waals surface area contributed by atoms with E-state index in [0.29, 0.717) is 41.8 Å². The maximum Gasteiger partial charge on any atom is 0.264 e. The number of pyridine rings is 1. The third kappa shape index (κ3) is 5.55. The van der Waals surface area contributed by atoms with Crippen molar-refractivity contribution in [3.05, 3.63) is 88.7 Å². The zero-order valence-corrected chi connectivity index (χ0v) is 27.2. The van der Waals surface area contributed by atoms with Crippen LogP contribution in [0, 0.1) is 0 Å². The Labute approximate surface area is 282 Å². The van der Waals surface area contributed by atoms with Gasteiger partial charge in [0.15, 0.2) is 0 Å². The fourth-order valence-electron chi connectivity index (χ4n) is 7.94. The van der Waals surface area contributed by atoms with Crippen LogP contribution < -0.4 is 15.5 Å². The van der Waals surface area contributed by atoms with E-state index in [9.17, 15) is 24.0 Å². The molecular formula is C37H37N7O5. The van der Waals surface area contributed by atoms with Crippen molar-refractivity contribution in [2.75, 3.05) is 36.9 Å². The molecule has 5 amide bonds. The van der Waals surface area contributed by atoms with Gasteiger partial charge in [0.05, 0.1) is 22.3 Å². The largest absolute Gasteiger partial charge is 0.371 e. The molecule has 0 saturated carbocycles. The molecule has 6 heterocycles. The van der Waals surface area contributed by atoms with E-state index >= 15 is 0 Å². The lowest BCUT2D eigenvalue weighted by molar-refractivity contribution is -0.136. The molecule has 3 fully saturated rings. The van der Waals surface area contributed by atoms with Gasteiger partial charge in [-0.1, -0.05) is 18.2 Å². The van der Waals surface area contributed by atoms with E-state index in [2.05, 4.69) is 43.5 Å². The van der Waals surface area contributed by atoms with Gasteiger partial charge in [0, 0.05) is 54.5 Å². The van der Waals surface area contributed by atoms with Gasteiger partial charge in [-0.25, -0.2) is 4.98 Å². The Kier molecular flexibility index (Phi) is 7.74. The predicted octanol–water partition coefficient (Wildman–Crippen LogP) is 4.37. The Morgan fingerprint density at radius 3 is 2.49 bits per heavy atom. The van der Waals surface area contributed by atoms with Crippen molar-refractivity contribution >= 4 is 51.9 Å². The third-order valence-corrected chi connectivity index (χ3v) is 10.5. The quantitative estimate of drug-likeness (QED) is 0.259. The number of hydrogen-bond acceptors (Lipinski definition) is 8. The average molecular weight is 660 g/mol. The van der Waals surface area contributed by atoms with Crippen LogP contribution in [0.3, 0.4) is 0 Å². The van der Waals surface area contributed by atoms with Crippen LogP contribution in [0.2, 0.25) is 0 Å². The molecule has 0 radical (unpaired) electrons. The third-order valence-electron chi connectivity index (χ3n) is 10.5. The summed E-state index contributed by atoms with van der Waals surface area (Å²) in [4.78, 5) is 78.0. The number of carbonyl (C=O) groups excluding carboxylic acids is 5. The number of anilines is 2. The number of amides is 5. The molecular weight excluding hydrogens is 622 g/mol. The van der Waals surface area contributed by atoms with Crippen LogP contribution >= 0.6 is 0 Å². The second-order valence-electron chi connectivity index (χ2n) is 13.5. The van der Waals surface area contributed by atoms with Crippen LogP contribution in [0.15, 0.2) is 60.8 Å². The van der Waals surface area contributed by atoms with E-state index < -0.39 is 29.7 Å². The summed E-state index contributed by atoms with van der Waals surface area (Å²) in [6.45, 7) is 2.38. The lowest BCUT2D eigenvalue weighted by Gasteiger charge is -2.35. The monoisotopic (exact) mass is 659 g/mol. The van der Waals surface area contributed by atoms with Crippen molar-refractivity contribution in [2.24, 2.45) is 0 Å². The van der Waals surface area contributed by atoms with E-state index in [0.717, 1.165) is 47.2 Å². The fourth-order valence-corrected chi connectivity index (χ4v) is 7.94. The highest BCUT2D eigenvalue weighted by Crippen LogP contribution is 2.38. The minimum Gasteiger partial charge on any atom is -0.371 e. The number of hydrogen-bond donors (Lipinski definition) is 3. The van der Waals surface area contributed by atoms with Crippen molar-refractivity contribution in [1.29, 1.82) is 0 Å². The van der Waals surface area contributed by atoms with Gasteiger partial charge >= 0.3 is 0 Å². The van der Waals surface area contributed by atoms with E-state index in [1.807, 2.05) is 30.3 Å². The summed E-state index contributed by atoms with van der Waals surface area (Å²) in [5.74, 6) is -1.56. The Morgan fingerprint density at radius 1 is 0.898 bits per heavy atom. The molecule has 2 aromatic carbocycles. The van der Waals surface area contributed by atoms with Gasteiger partial charge in [-0.2, -0.15) is 0 Å². The van der Waals surface area contributed by atoms with E-state index in [-0.39, 0.29) is 30.2 Å². The first-order valence-corrected chi connectivity index (χ1v) is 16.9. The molecule has 2 atom stereocenters. The molecule has 2 aromatic heterocycles. The van der Waals surface area contributed by atoms with Crippen LogP contribution in [0.25, 0.3) is 10.9 Å². The normalized spacial score (nSPS) is 21.8. The van der Waals surface area contributed by atoms with Crippen molar-refractivity contribution in [3.8, 4) is 0 Å². The summed E-state index contributed by atoms with van der Waals surface area (Å²) in [5, 5.41) is 6.23. The van der Waals surface area contributed by atoms with Crippen LogP contribution in [-0.2, 0) is 9.59 Å². The molecule has 12 heteroatoms. The summed E-state index contributed by atoms with van der Waals surface area (Å²) in [7, 11) is 2.14. The number of aromatic nitrogens is 2. The Balaban J connectivity index is 0.935. The number of rotatable bonds is 6. The number of benzene rings is 2. The second kappa shape index (κ2) is 12.3. The van der Waals surface area contributed by atoms with Gasteiger partial charge in [-0.05, 0) is 87.5 Å². The number of nitrogens with zero attached hydrogens (tertiary/aromatic N) is 4. The van der Waals surface area contributed by atoms with E-state index in [4.69, 9.17) is 0 Å². The first kappa shape index (κ1) is 30.9. The molecule has 4 aliphatic rings. The number of H-pyrrole nitrogens is 1. The highest BCUT2D eigenvalue weighted by molar-refractivity contribution is 6.25. The van der Waals surface area contributed by atoms with Crippen LogP contribution in [0.4, 0.5) is 11.5 Å². The maximum absolute atomic E-state index is 13.6. The summed E-state index contributed by atoms with van der Waals surface area (Å²) < 4.78 is 0. The van der Waals surface area contributed by atoms with Gasteiger partial charge in [0.25, 0.3) is 17.7 Å². The number of imide groups is 2. The maximum atomic E-state index is 13.6. The Hall–Kier alpha value is -5.36. The summed E-state index contributed by atoms with van der Waals surface area (Å²) in [6.07, 6.45) is 5.87. The molecule has 8 rings (SSSR count). The first-order chi connectivity index (χ1) is 23.7. The molecule has 3 saturated heterocycles. The molecule has 0 bridgehead atoms. The van der Waals surface area contributed by atoms with Gasteiger partial charge in [-0.15, -0.1) is 0 Å². The number of aromatic amines is 1. The summed E-state index contributed by atoms with van der Waals surface area (Å²) in [6, 6.07) is 16.3. The SMILES string of the molecule is CN1CCC[C@@H]1c1cc2cnc(NC(=O)c3cccc(C4CCN(c5cccc6c5C(=O)N(C5CCC(=O)NC5=O)C6=O)CC4)c3)cc2[nH]1. The zero-order valence-electron chi connectivity index (χ0n) is 27.2. The number of fused-ring (bicyclic) bond motifs is 2. The summed E-state index contributed by atoms with van der Waals surface area (Å²) in [5.41, 5.74) is 5.00. The van der Waals surface area contributed by atoms with Crippen LogP contribution in [0.1, 0.15) is 92.8 Å². The summed E-state index contributed by atoms with van der Waals surface area (Å²) >= 11 is 0. The molecule has 12 nitrogen and oxygen atoms in total. The van der Waals surface area contributed by atoms with Crippen LogP contribution in [0.5, 0.6) is 0 Å². The van der Waals surface area contributed by atoms with Crippen molar-refractivity contribution in [2.45, 2.75) is 56.5 Å². The Morgan fingerprint density at radius 2 is 1.71 bits per heavy atom. The van der Waals surface area contributed by atoms with Crippen LogP contribution in [-0.4, -0.2) is 82.0 Å². The minimum absolute atomic E-state index is 0.0758. The molecule has 1 unspecified atom stereocenters. The van der Waals surface area contributed by atoms with Gasteiger partial charge in [-0.3, -0.25) is 39.1 Å². The van der Waals surface area contributed by atoms with E-state index in [1.54, 1.807) is 24.4 Å². The van der Waals surface area contributed by atoms with E-state index in [1.165, 1.54) is 12.1 Å². The topological polar surface area (TPSA) is 148 Å². The number of nitrogens with one attached hydrogen (secondary N) is 3. The molecule has 250 valence electrons. The number of likely N-dealkylation sites (tertiary alicyclic amines) is 1. The Bertz CT molecular complexity index is 2030. The lowest BCUT2D eigenvalue weighted by Crippen LogP contribution is -2.54. The zero-order chi connectivity index (χ0) is 33.8. The number of carbonyl (C=O) groups is 5. The second-order valence-corrected chi connectivity index (χ2v) is 13.5. The van der Waals surface area contributed by atoms with Gasteiger partial charge < -0.3 is 15.2 Å². The van der Waals surface area contributed by atoms with Crippen molar-refractivity contribution in [1.82, 2.24) is 25.1 Å². The number of piperidine rings is 2. The highest BCUT2D eigenvalue weighted by atomic mass is 16.2. The average Bonchev–Trinajstić information content (AvgIpc) is 3.80. The molecule has 4 aromatic rings. The molecule has 4 aliphatic heterocycles. The van der Waals surface area contributed by atoms with Gasteiger partial charge in [0.1, 0.15) is 11.9 Å². The molecule has 0 spiro atoms. The van der Waals surface area contributed by atoms with Gasteiger partial charge in [0.2, 0.25) is 11.8 Å². The smallest absolute Gasteiger partial charge is 0.264 e. The lowest BCUT2D eigenvalue weighted by atomic mass is 9.88. The molecule has 0 aliphatic carbocycles. The minimum atomic E-state index is -1.00. The highest BCUT2D eigenvalue weighted by Gasteiger charge is 2.46. The van der Waals surface area contributed by atoms with Crippen molar-refractivity contribution < 1.29 is 24.0 Å². The standard InChI is InChI=1S/C37H37N7O5/c1-42-14-4-9-28(42)27-18-24-20-38-31(19-26(24)39-27)40-34(46)23-6-2-5-22(17-23)21-12-15-43(16-13-21)29-8-3-7-25-33(29)37(49)44(36(25)48)30-10-11-32(45)41-35(30)47/h2-3,5-8,17-21,28,30,39H,4,9-16H2,1H3,(H,38,40,46)(H,41,45,47)/t28-,30?/m1/s1. The fraction of sp³-hybridized carbons (Fsp3) is 0.351. The molecule has 3 N–H and O–H groups in total. The predicted molar refractivity (Wildman–Crippen MR) is 182 cm³/mol. The molecule has 49 heavy (non-hydrogen) atoms. The first-order valence-electron chi connectivity index (χ1n) is 16.9.